The fraction of sp³-hybridized carbons (Fsp3) is 0.417. The molecule has 2 rings (SSSR count). The van der Waals surface area contributed by atoms with Crippen molar-refractivity contribution < 1.29 is 22.0 Å². The van der Waals surface area contributed by atoms with Crippen LogP contribution in [0.3, 0.4) is 0 Å². The minimum absolute atomic E-state index is 0.0108. The molecule has 0 aliphatic carbocycles. The van der Waals surface area contributed by atoms with Crippen LogP contribution in [0.4, 0.5) is 14.5 Å². The first-order chi connectivity index (χ1) is 9.17. The van der Waals surface area contributed by atoms with Gasteiger partial charge in [0.1, 0.15) is 11.6 Å². The number of hydrogen-bond acceptors (Lipinski definition) is 3. The van der Waals surface area contributed by atoms with Gasteiger partial charge in [-0.05, 0) is 19.1 Å². The van der Waals surface area contributed by atoms with E-state index in [1.165, 1.54) is 11.8 Å². The van der Waals surface area contributed by atoms with Crippen molar-refractivity contribution >= 4 is 31.3 Å². The van der Waals surface area contributed by atoms with Crippen LogP contribution < -0.4 is 4.90 Å². The molecule has 1 unspecified atom stereocenters. The van der Waals surface area contributed by atoms with Gasteiger partial charge in [-0.2, -0.15) is 0 Å². The van der Waals surface area contributed by atoms with Crippen LogP contribution in [0.5, 0.6) is 0 Å². The lowest BCUT2D eigenvalue weighted by Crippen LogP contribution is -2.25. The zero-order valence-electron chi connectivity index (χ0n) is 10.6. The number of hydrogen-bond donors (Lipinski definition) is 0. The molecule has 1 aliphatic heterocycles. The predicted octanol–water partition coefficient (Wildman–Crippen LogP) is 2.19. The molecule has 1 heterocycles. The SMILES string of the molecule is Cc1c(F)cc(N2CC(CS(=O)(=O)Cl)CC2=O)cc1F. The molecular weight excluding hydrogens is 312 g/mol. The van der Waals surface area contributed by atoms with Gasteiger partial charge in [-0.3, -0.25) is 4.79 Å². The molecule has 0 aromatic heterocycles. The van der Waals surface area contributed by atoms with Crippen LogP contribution in [0.25, 0.3) is 0 Å². The Morgan fingerprint density at radius 1 is 1.35 bits per heavy atom. The Hall–Kier alpha value is -1.21. The van der Waals surface area contributed by atoms with E-state index in [2.05, 4.69) is 0 Å². The molecular formula is C12H12ClF2NO3S. The van der Waals surface area contributed by atoms with Crippen LogP contribution in [-0.2, 0) is 13.8 Å². The summed E-state index contributed by atoms with van der Waals surface area (Å²) in [5.74, 6) is -2.69. The zero-order valence-corrected chi connectivity index (χ0v) is 12.1. The van der Waals surface area contributed by atoms with Gasteiger partial charge < -0.3 is 4.90 Å². The van der Waals surface area contributed by atoms with E-state index in [1.807, 2.05) is 0 Å². The molecule has 1 aliphatic rings. The molecule has 0 bridgehead atoms. The summed E-state index contributed by atoms with van der Waals surface area (Å²) in [4.78, 5) is 13.0. The monoisotopic (exact) mass is 323 g/mol. The molecule has 1 saturated heterocycles. The van der Waals surface area contributed by atoms with Crippen LogP contribution in [0.15, 0.2) is 12.1 Å². The Bertz CT molecular complexity index is 640. The quantitative estimate of drug-likeness (QED) is 0.801. The van der Waals surface area contributed by atoms with E-state index in [-0.39, 0.29) is 35.9 Å². The fourth-order valence-corrected chi connectivity index (χ4v) is 3.53. The maximum Gasteiger partial charge on any atom is 0.232 e. The van der Waals surface area contributed by atoms with E-state index in [4.69, 9.17) is 10.7 Å². The van der Waals surface area contributed by atoms with Crippen molar-refractivity contribution in [3.8, 4) is 0 Å². The van der Waals surface area contributed by atoms with Gasteiger partial charge in [-0.15, -0.1) is 0 Å². The minimum atomic E-state index is -3.71. The minimum Gasteiger partial charge on any atom is -0.312 e. The molecule has 0 radical (unpaired) electrons. The topological polar surface area (TPSA) is 54.5 Å². The molecule has 8 heteroatoms. The van der Waals surface area contributed by atoms with E-state index in [0.29, 0.717) is 0 Å². The highest BCUT2D eigenvalue weighted by Gasteiger charge is 2.33. The molecule has 0 spiro atoms. The maximum absolute atomic E-state index is 13.5. The van der Waals surface area contributed by atoms with Crippen LogP contribution in [0.1, 0.15) is 12.0 Å². The molecule has 110 valence electrons. The summed E-state index contributed by atoms with van der Waals surface area (Å²) >= 11 is 0. The average molecular weight is 324 g/mol. The van der Waals surface area contributed by atoms with E-state index >= 15 is 0 Å². The molecule has 20 heavy (non-hydrogen) atoms. The third kappa shape index (κ3) is 3.27. The Morgan fingerprint density at radius 3 is 2.40 bits per heavy atom. The molecule has 1 amide bonds. The van der Waals surface area contributed by atoms with Crippen LogP contribution >= 0.6 is 10.7 Å². The summed E-state index contributed by atoms with van der Waals surface area (Å²) in [6.45, 7) is 1.37. The second-order valence-electron chi connectivity index (χ2n) is 4.81. The number of rotatable bonds is 3. The average Bonchev–Trinajstić information content (AvgIpc) is 2.63. The van der Waals surface area contributed by atoms with E-state index in [1.54, 1.807) is 0 Å². The van der Waals surface area contributed by atoms with Gasteiger partial charge >= 0.3 is 0 Å². The number of amides is 1. The third-order valence-electron chi connectivity index (χ3n) is 3.22. The Balaban J connectivity index is 2.24. The van der Waals surface area contributed by atoms with Crippen molar-refractivity contribution in [3.63, 3.8) is 0 Å². The van der Waals surface area contributed by atoms with E-state index in [0.717, 1.165) is 12.1 Å². The molecule has 1 fully saturated rings. The van der Waals surface area contributed by atoms with Crippen molar-refractivity contribution in [2.45, 2.75) is 13.3 Å². The van der Waals surface area contributed by atoms with Gasteiger partial charge in [0.2, 0.25) is 15.0 Å². The van der Waals surface area contributed by atoms with Crippen molar-refractivity contribution in [2.24, 2.45) is 5.92 Å². The lowest BCUT2D eigenvalue weighted by atomic mass is 10.1. The van der Waals surface area contributed by atoms with E-state index < -0.39 is 26.6 Å². The standard InChI is InChI=1S/C12H12ClF2NO3S/c1-7-10(14)3-9(4-11(7)15)16-5-8(2-12(16)17)6-20(13,18)19/h3-4,8H,2,5-6H2,1H3. The first kappa shape index (κ1) is 15.2. The first-order valence-corrected chi connectivity index (χ1v) is 8.33. The van der Waals surface area contributed by atoms with Crippen LogP contribution in [0, 0.1) is 24.5 Å². The number of halogens is 3. The molecule has 1 atom stereocenters. The van der Waals surface area contributed by atoms with Gasteiger partial charge in [0, 0.05) is 40.8 Å². The van der Waals surface area contributed by atoms with Crippen molar-refractivity contribution in [1.82, 2.24) is 0 Å². The normalized spacial score (nSPS) is 19.7. The second-order valence-corrected chi connectivity index (χ2v) is 7.64. The van der Waals surface area contributed by atoms with Gasteiger partial charge in [0.05, 0.1) is 5.75 Å². The Morgan fingerprint density at radius 2 is 1.90 bits per heavy atom. The number of anilines is 1. The number of nitrogens with zero attached hydrogens (tertiary/aromatic N) is 1. The molecule has 1 aromatic rings. The smallest absolute Gasteiger partial charge is 0.232 e. The van der Waals surface area contributed by atoms with E-state index in [9.17, 15) is 22.0 Å². The molecule has 4 nitrogen and oxygen atoms in total. The van der Waals surface area contributed by atoms with Crippen molar-refractivity contribution in [3.05, 3.63) is 29.3 Å². The summed E-state index contributed by atoms with van der Waals surface area (Å²) in [6, 6.07) is 2.13. The van der Waals surface area contributed by atoms with Gasteiger partial charge in [-0.25, -0.2) is 17.2 Å². The van der Waals surface area contributed by atoms with Crippen molar-refractivity contribution in [2.75, 3.05) is 17.2 Å². The van der Waals surface area contributed by atoms with Crippen LogP contribution in [-0.4, -0.2) is 26.6 Å². The second kappa shape index (κ2) is 5.29. The van der Waals surface area contributed by atoms with Crippen molar-refractivity contribution in [1.29, 1.82) is 0 Å². The summed E-state index contributed by atoms with van der Waals surface area (Å²) in [5, 5.41) is 0. The number of carbonyl (C=O) groups excluding carboxylic acids is 1. The van der Waals surface area contributed by atoms with Gasteiger partial charge in [0.15, 0.2) is 0 Å². The zero-order chi connectivity index (χ0) is 15.1. The summed E-state index contributed by atoms with van der Waals surface area (Å²) in [6.07, 6.45) is -0.0108. The first-order valence-electron chi connectivity index (χ1n) is 5.85. The molecule has 0 saturated carbocycles. The van der Waals surface area contributed by atoms with Gasteiger partial charge in [-0.1, -0.05) is 0 Å². The summed E-state index contributed by atoms with van der Waals surface area (Å²) < 4.78 is 49.0. The highest BCUT2D eigenvalue weighted by molar-refractivity contribution is 8.13. The lowest BCUT2D eigenvalue weighted by molar-refractivity contribution is -0.117. The highest BCUT2D eigenvalue weighted by Crippen LogP contribution is 2.29. The van der Waals surface area contributed by atoms with Crippen LogP contribution in [0.2, 0.25) is 0 Å². The predicted molar refractivity (Wildman–Crippen MR) is 71.2 cm³/mol. The summed E-state index contributed by atoms with van der Waals surface area (Å²) in [5.41, 5.74) is -0.0367. The number of carbonyl (C=O) groups is 1. The lowest BCUT2D eigenvalue weighted by Gasteiger charge is -2.17. The highest BCUT2D eigenvalue weighted by atomic mass is 35.7. The largest absolute Gasteiger partial charge is 0.312 e. The maximum atomic E-state index is 13.5. The molecule has 0 N–H and O–H groups in total. The Labute approximate surface area is 119 Å². The fourth-order valence-electron chi connectivity index (χ4n) is 2.21. The van der Waals surface area contributed by atoms with Gasteiger partial charge in [0.25, 0.3) is 0 Å². The molecule has 1 aromatic carbocycles. The number of benzene rings is 1. The summed E-state index contributed by atoms with van der Waals surface area (Å²) in [7, 11) is 1.43. The Kier molecular flexibility index (Phi) is 4.02. The third-order valence-corrected chi connectivity index (χ3v) is 4.46.